The van der Waals surface area contributed by atoms with Crippen molar-refractivity contribution in [3.8, 4) is 28.4 Å². The summed E-state index contributed by atoms with van der Waals surface area (Å²) in [5.74, 6) is 2.35. The molecule has 1 saturated heterocycles. The molecule has 2 fully saturated rings. The van der Waals surface area contributed by atoms with E-state index in [2.05, 4.69) is 15.8 Å². The second kappa shape index (κ2) is 11.2. The number of likely N-dealkylation sites (N-methyl/N-ethyl adjacent to an activating group) is 1. The molecule has 3 heterocycles. The van der Waals surface area contributed by atoms with Gasteiger partial charge in [0.15, 0.2) is 5.82 Å². The number of aromatic nitrogens is 3. The van der Waals surface area contributed by atoms with E-state index in [1.54, 1.807) is 30.1 Å². The number of aliphatic hydroxyl groups excluding tert-OH is 1. The van der Waals surface area contributed by atoms with Crippen LogP contribution in [0.15, 0.2) is 22.7 Å². The number of anilines is 1. The van der Waals surface area contributed by atoms with Gasteiger partial charge in [-0.3, -0.25) is 0 Å². The van der Waals surface area contributed by atoms with Gasteiger partial charge in [-0.1, -0.05) is 16.8 Å². The van der Waals surface area contributed by atoms with Crippen molar-refractivity contribution >= 4 is 23.5 Å². The Balaban J connectivity index is 1.44. The summed E-state index contributed by atoms with van der Waals surface area (Å²) in [5.41, 5.74) is 3.88. The maximum atomic E-state index is 11.8. The van der Waals surface area contributed by atoms with Crippen LogP contribution >= 0.6 is 11.6 Å². The number of amides is 1. The number of benzene rings is 1. The summed E-state index contributed by atoms with van der Waals surface area (Å²) in [6.07, 6.45) is 0.933. The summed E-state index contributed by atoms with van der Waals surface area (Å²) in [6.45, 7) is 7.70. The van der Waals surface area contributed by atoms with Crippen molar-refractivity contribution in [1.29, 1.82) is 0 Å². The molecule has 5 rings (SSSR count). The largest absolute Gasteiger partial charge is 0.491 e. The Kier molecular flexibility index (Phi) is 7.89. The van der Waals surface area contributed by atoms with E-state index in [-0.39, 0.29) is 24.2 Å². The number of methoxy groups -OCH3 is 1. The van der Waals surface area contributed by atoms with Gasteiger partial charge in [-0.05, 0) is 58.9 Å². The molecule has 1 aliphatic carbocycles. The van der Waals surface area contributed by atoms with Gasteiger partial charge < -0.3 is 34.6 Å². The summed E-state index contributed by atoms with van der Waals surface area (Å²) < 4.78 is 16.1. The van der Waals surface area contributed by atoms with Gasteiger partial charge in [0, 0.05) is 42.2 Å². The van der Waals surface area contributed by atoms with Crippen LogP contribution in [0.4, 0.5) is 10.6 Å². The van der Waals surface area contributed by atoms with Crippen LogP contribution in [0.25, 0.3) is 22.6 Å². The van der Waals surface area contributed by atoms with E-state index in [1.807, 2.05) is 20.8 Å². The van der Waals surface area contributed by atoms with Gasteiger partial charge in [-0.2, -0.15) is 0 Å². The Morgan fingerprint density at radius 2 is 2.02 bits per heavy atom. The second-order valence-electron chi connectivity index (χ2n) is 10.8. The van der Waals surface area contributed by atoms with Crippen molar-refractivity contribution < 1.29 is 23.9 Å². The fraction of sp³-hybridized carbons (Fsp3) is 0.500. The van der Waals surface area contributed by atoms with Crippen molar-refractivity contribution in [3.05, 3.63) is 40.2 Å². The monoisotopic (exact) mass is 570 g/mol. The summed E-state index contributed by atoms with van der Waals surface area (Å²) in [5, 5.41) is 21.2. The molecule has 0 bridgehead atoms. The number of hydrogen-bond acceptors (Lipinski definition) is 10. The molecule has 40 heavy (non-hydrogen) atoms. The number of carbonyl (C=O) groups is 1. The molecule has 1 aliphatic heterocycles. The van der Waals surface area contributed by atoms with E-state index in [0.29, 0.717) is 59.1 Å². The van der Waals surface area contributed by atoms with Crippen molar-refractivity contribution in [3.63, 3.8) is 0 Å². The molecule has 214 valence electrons. The maximum Gasteiger partial charge on any atom is 0.409 e. The lowest BCUT2D eigenvalue weighted by molar-refractivity contribution is -0.0554. The Labute approximate surface area is 238 Å². The van der Waals surface area contributed by atoms with Crippen LogP contribution in [0.1, 0.15) is 29.9 Å². The molecule has 11 nitrogen and oxygen atoms in total. The molecular weight excluding hydrogens is 536 g/mol. The van der Waals surface area contributed by atoms with Crippen molar-refractivity contribution in [2.45, 2.75) is 45.8 Å². The molecule has 1 aromatic carbocycles. The SMILES string of the molecule is CNC[C@@H](O)COc1ccc(Cl)c(-c2nc(NC3CC4(C3)CN(C(=O)OC)C4)c(C)c(-c3c(C)noc3C)n2)c1. The van der Waals surface area contributed by atoms with Gasteiger partial charge in [-0.15, -0.1) is 0 Å². The first-order chi connectivity index (χ1) is 19.1. The number of hydrogen-bond donors (Lipinski definition) is 3. The summed E-state index contributed by atoms with van der Waals surface area (Å²) >= 11 is 6.65. The van der Waals surface area contributed by atoms with E-state index in [9.17, 15) is 9.90 Å². The molecule has 12 heteroatoms. The third-order valence-corrected chi connectivity index (χ3v) is 7.99. The average molecular weight is 571 g/mol. The number of ether oxygens (including phenoxy) is 2. The summed E-state index contributed by atoms with van der Waals surface area (Å²) in [7, 11) is 3.18. The number of carbonyl (C=O) groups excluding carboxylic acids is 1. The minimum Gasteiger partial charge on any atom is -0.491 e. The van der Waals surface area contributed by atoms with Crippen molar-refractivity contribution in [1.82, 2.24) is 25.3 Å². The van der Waals surface area contributed by atoms with Crippen LogP contribution in [-0.4, -0.2) is 83.8 Å². The van der Waals surface area contributed by atoms with Crippen LogP contribution in [-0.2, 0) is 4.74 Å². The van der Waals surface area contributed by atoms with Gasteiger partial charge in [0.25, 0.3) is 0 Å². The number of halogens is 1. The Morgan fingerprint density at radius 3 is 2.67 bits per heavy atom. The first-order valence-electron chi connectivity index (χ1n) is 13.3. The van der Waals surface area contributed by atoms with Gasteiger partial charge in [0.2, 0.25) is 0 Å². The fourth-order valence-corrected chi connectivity index (χ4v) is 5.86. The normalized spacial score (nSPS) is 16.8. The molecule has 1 atom stereocenters. The number of rotatable bonds is 9. The number of likely N-dealkylation sites (tertiary alicyclic amines) is 1. The van der Waals surface area contributed by atoms with Gasteiger partial charge >= 0.3 is 6.09 Å². The van der Waals surface area contributed by atoms with Crippen molar-refractivity contribution in [2.24, 2.45) is 5.41 Å². The highest BCUT2D eigenvalue weighted by molar-refractivity contribution is 6.33. The zero-order valence-electron chi connectivity index (χ0n) is 23.4. The molecule has 0 radical (unpaired) electrons. The van der Waals surface area contributed by atoms with Crippen LogP contribution in [0.5, 0.6) is 5.75 Å². The molecule has 3 N–H and O–H groups in total. The number of aryl methyl sites for hydroxylation is 2. The van der Waals surface area contributed by atoms with Gasteiger partial charge in [0.05, 0.1) is 29.1 Å². The Bertz CT molecular complexity index is 1380. The first kappa shape index (κ1) is 28.1. The first-order valence-corrected chi connectivity index (χ1v) is 13.7. The van der Waals surface area contributed by atoms with Crippen LogP contribution in [0, 0.1) is 26.2 Å². The van der Waals surface area contributed by atoms with Crippen LogP contribution < -0.4 is 15.4 Å². The lowest BCUT2D eigenvalue weighted by Gasteiger charge is -2.58. The topological polar surface area (TPSA) is 135 Å². The standard InChI is InChI=1S/C28H35ClN6O5/c1-15-24(23-16(2)34-40-17(23)3)32-26(21-8-20(6-7-22(21)29)39-12-19(36)11-30-4)33-25(15)31-18-9-28(10-18)13-35(14-28)27(37)38-5/h6-8,18-19,30,36H,9-14H2,1-5H3,(H,31,32,33)/t19-/m1/s1. The number of aliphatic hydroxyl groups is 1. The van der Waals surface area contributed by atoms with E-state index in [1.165, 1.54) is 7.11 Å². The Hall–Kier alpha value is -3.41. The highest BCUT2D eigenvalue weighted by atomic mass is 35.5. The van der Waals surface area contributed by atoms with E-state index < -0.39 is 6.10 Å². The van der Waals surface area contributed by atoms with Gasteiger partial charge in [0.1, 0.15) is 30.0 Å². The van der Waals surface area contributed by atoms with Crippen LogP contribution in [0.3, 0.4) is 0 Å². The summed E-state index contributed by atoms with van der Waals surface area (Å²) in [4.78, 5) is 23.4. The third kappa shape index (κ3) is 5.45. The summed E-state index contributed by atoms with van der Waals surface area (Å²) in [6, 6.07) is 5.48. The number of nitrogens with zero attached hydrogens (tertiary/aromatic N) is 4. The molecule has 1 amide bonds. The minimum atomic E-state index is -0.650. The molecule has 3 aromatic rings. The van der Waals surface area contributed by atoms with Crippen molar-refractivity contribution in [2.75, 3.05) is 45.7 Å². The molecule has 1 saturated carbocycles. The molecule has 2 aromatic heterocycles. The van der Waals surface area contributed by atoms with Crippen LogP contribution in [0.2, 0.25) is 5.02 Å². The predicted molar refractivity (Wildman–Crippen MR) is 151 cm³/mol. The Morgan fingerprint density at radius 1 is 1.27 bits per heavy atom. The predicted octanol–water partition coefficient (Wildman–Crippen LogP) is 3.98. The highest BCUT2D eigenvalue weighted by Crippen LogP contribution is 2.49. The lowest BCUT2D eigenvalue weighted by atomic mass is 9.61. The average Bonchev–Trinajstić information content (AvgIpc) is 3.22. The zero-order chi connectivity index (χ0) is 28.6. The van der Waals surface area contributed by atoms with E-state index in [4.69, 9.17) is 35.6 Å². The van der Waals surface area contributed by atoms with E-state index >= 15 is 0 Å². The quantitative estimate of drug-likeness (QED) is 0.346. The number of nitrogens with one attached hydrogen (secondary N) is 2. The minimum absolute atomic E-state index is 0.130. The van der Waals surface area contributed by atoms with E-state index in [0.717, 1.165) is 29.7 Å². The molecule has 2 aliphatic rings. The van der Waals surface area contributed by atoms with Gasteiger partial charge in [-0.25, -0.2) is 14.8 Å². The maximum absolute atomic E-state index is 11.8. The second-order valence-corrected chi connectivity index (χ2v) is 11.2. The highest BCUT2D eigenvalue weighted by Gasteiger charge is 2.54. The molecule has 0 unspecified atom stereocenters. The third-order valence-electron chi connectivity index (χ3n) is 7.66. The lowest BCUT2D eigenvalue weighted by Crippen LogP contribution is -2.66. The molecule has 1 spiro atoms. The fourth-order valence-electron chi connectivity index (χ4n) is 5.66. The zero-order valence-corrected chi connectivity index (χ0v) is 24.1. The smallest absolute Gasteiger partial charge is 0.409 e. The molecular formula is C28H35ClN6O5.